The number of nitrogens with one attached hydrogen (secondary N) is 1. The van der Waals surface area contributed by atoms with Crippen molar-refractivity contribution in [3.8, 4) is 11.1 Å². The van der Waals surface area contributed by atoms with Gasteiger partial charge in [0.05, 0.1) is 15.3 Å². The molecular formula is C24H23F5N2O4S. The largest absolute Gasteiger partial charge is 0.368 e. The molecule has 2 aliphatic heterocycles. The molecule has 6 nitrogen and oxygen atoms in total. The minimum absolute atomic E-state index is 0.00774. The van der Waals surface area contributed by atoms with Gasteiger partial charge in [-0.25, -0.2) is 26.3 Å². The molecule has 3 fully saturated rings. The van der Waals surface area contributed by atoms with E-state index in [0.717, 1.165) is 12.1 Å². The van der Waals surface area contributed by atoms with E-state index in [2.05, 4.69) is 0 Å². The topological polar surface area (TPSA) is 75.7 Å². The first kappa shape index (κ1) is 22.6. The van der Waals surface area contributed by atoms with E-state index in [-0.39, 0.29) is 36.1 Å². The van der Waals surface area contributed by atoms with Crippen molar-refractivity contribution >= 4 is 15.9 Å². The molecule has 1 saturated carbocycles. The summed E-state index contributed by atoms with van der Waals surface area (Å²) in [5, 5.41) is 0. The van der Waals surface area contributed by atoms with Gasteiger partial charge in [-0.15, -0.1) is 0 Å². The molecule has 0 radical (unpaired) electrons. The molecule has 1 aliphatic carbocycles. The van der Waals surface area contributed by atoms with Gasteiger partial charge in [-0.2, -0.15) is 8.78 Å². The zero-order valence-electron chi connectivity index (χ0n) is 20.7. The fraction of sp³-hybridized carbons (Fsp3) is 0.458. The number of hydrogen-bond donors (Lipinski definition) is 1. The molecule has 1 amide bonds. The predicted molar refractivity (Wildman–Crippen MR) is 119 cm³/mol. The van der Waals surface area contributed by atoms with Crippen LogP contribution in [0.15, 0.2) is 36.4 Å². The summed E-state index contributed by atoms with van der Waals surface area (Å²) in [6.07, 6.45) is -0.839. The number of sulfonamides is 1. The molecule has 194 valence electrons. The Morgan fingerprint density at radius 1 is 1.19 bits per heavy atom. The summed E-state index contributed by atoms with van der Waals surface area (Å²) in [5.74, 6) is -7.09. The molecule has 12 heteroatoms. The van der Waals surface area contributed by atoms with Gasteiger partial charge in [-0.3, -0.25) is 4.79 Å². The zero-order valence-corrected chi connectivity index (χ0v) is 19.5. The highest BCUT2D eigenvalue weighted by Gasteiger charge is 2.62. The number of nitrogens with zero attached hydrogens (tertiary/aromatic N) is 1. The summed E-state index contributed by atoms with van der Waals surface area (Å²) in [4.78, 5) is 14.5. The minimum atomic E-state index is -5.08. The summed E-state index contributed by atoms with van der Waals surface area (Å²) in [7, 11) is -5.08. The third-order valence-corrected chi connectivity index (χ3v) is 8.13. The van der Waals surface area contributed by atoms with Gasteiger partial charge in [-0.1, -0.05) is 18.2 Å². The number of carbonyl (C=O) groups is 1. The Bertz CT molecular complexity index is 1360. The van der Waals surface area contributed by atoms with E-state index in [9.17, 15) is 30.8 Å². The van der Waals surface area contributed by atoms with Crippen LogP contribution in [0.3, 0.4) is 0 Å². The standard InChI is InChI=1S/C24H23F5N2O4S/c25-15-8-14(9-16(26)11-15)17-3-1-2-13(20(17)27)10-18-21(30-36(33,34)23(28)29)24(5-6-24)12-31(18)22(32)19-4-7-35-19/h1-3,8-9,11,18-19,21,23,30H,4-7,10,12H2/t18-,19+,21+/m0/s1/i7D2. The maximum Gasteiger partial charge on any atom is 0.350 e. The fourth-order valence-electron chi connectivity index (χ4n) is 5.06. The first-order valence-corrected chi connectivity index (χ1v) is 12.8. The molecule has 1 spiro atoms. The van der Waals surface area contributed by atoms with Crippen molar-refractivity contribution < 1.29 is 42.6 Å². The Balaban J connectivity index is 1.51. The van der Waals surface area contributed by atoms with Crippen molar-refractivity contribution in [2.24, 2.45) is 5.41 Å². The van der Waals surface area contributed by atoms with Crippen LogP contribution < -0.4 is 4.72 Å². The lowest BCUT2D eigenvalue weighted by atomic mass is 9.91. The predicted octanol–water partition coefficient (Wildman–Crippen LogP) is 3.60. The number of rotatable bonds is 7. The van der Waals surface area contributed by atoms with Crippen LogP contribution in [0.1, 0.15) is 27.6 Å². The second kappa shape index (κ2) is 9.07. The zero-order chi connectivity index (χ0) is 27.6. The van der Waals surface area contributed by atoms with Gasteiger partial charge in [-0.05, 0) is 42.5 Å². The quantitative estimate of drug-likeness (QED) is 0.553. The van der Waals surface area contributed by atoms with Crippen LogP contribution in [0.5, 0.6) is 0 Å². The third kappa shape index (κ3) is 4.50. The summed E-state index contributed by atoms with van der Waals surface area (Å²) in [6.45, 7) is -2.02. The average molecular weight is 533 g/mol. The average Bonchev–Trinajstić information content (AvgIpc) is 3.52. The van der Waals surface area contributed by atoms with Crippen LogP contribution in [0.4, 0.5) is 22.0 Å². The van der Waals surface area contributed by atoms with Gasteiger partial charge in [0.1, 0.15) is 23.6 Å². The van der Waals surface area contributed by atoms with E-state index in [0.29, 0.717) is 18.9 Å². The SMILES string of the molecule is [2H]C1([2H])C[C@H](C(=O)N2CC3(CC3)[C@H](NS(=O)(=O)C(F)F)[C@@H]2Cc2cccc(-c3cc(F)cc(F)c3)c2F)O1. The van der Waals surface area contributed by atoms with E-state index in [1.54, 1.807) is 0 Å². The van der Waals surface area contributed by atoms with Crippen molar-refractivity contribution in [3.63, 3.8) is 0 Å². The van der Waals surface area contributed by atoms with Crippen LogP contribution in [0.25, 0.3) is 11.1 Å². The monoisotopic (exact) mass is 532 g/mol. The molecule has 3 aliphatic rings. The molecule has 2 aromatic carbocycles. The number of alkyl halides is 2. The molecule has 0 unspecified atom stereocenters. The molecule has 0 bridgehead atoms. The van der Waals surface area contributed by atoms with Gasteiger partial charge in [0.25, 0.3) is 15.9 Å². The Kier molecular flexibility index (Phi) is 5.70. The Morgan fingerprint density at radius 2 is 1.86 bits per heavy atom. The van der Waals surface area contributed by atoms with E-state index < -0.39 is 69.3 Å². The molecule has 2 heterocycles. The first-order chi connectivity index (χ1) is 17.7. The van der Waals surface area contributed by atoms with E-state index in [1.807, 2.05) is 4.72 Å². The maximum absolute atomic E-state index is 15.7. The number of amides is 1. The van der Waals surface area contributed by atoms with Crippen molar-refractivity contribution in [1.29, 1.82) is 0 Å². The molecule has 0 aromatic heterocycles. The summed E-state index contributed by atoms with van der Waals surface area (Å²) < 4.78 is 116. The number of carbonyl (C=O) groups excluding carboxylic acids is 1. The second-order valence-corrected chi connectivity index (χ2v) is 11.1. The van der Waals surface area contributed by atoms with Crippen molar-refractivity contribution in [2.75, 3.05) is 13.1 Å². The summed E-state index contributed by atoms with van der Waals surface area (Å²) >= 11 is 0. The fourth-order valence-corrected chi connectivity index (χ4v) is 5.92. The summed E-state index contributed by atoms with van der Waals surface area (Å²) in [5.41, 5.74) is -1.10. The van der Waals surface area contributed by atoms with Crippen LogP contribution in [-0.2, 0) is 26.0 Å². The third-order valence-electron chi connectivity index (χ3n) is 7.08. The molecule has 36 heavy (non-hydrogen) atoms. The van der Waals surface area contributed by atoms with E-state index in [4.69, 9.17) is 7.48 Å². The summed E-state index contributed by atoms with van der Waals surface area (Å²) in [6, 6.07) is 4.31. The van der Waals surface area contributed by atoms with Gasteiger partial charge in [0.15, 0.2) is 0 Å². The van der Waals surface area contributed by atoms with Gasteiger partial charge < -0.3 is 9.64 Å². The maximum atomic E-state index is 15.7. The van der Waals surface area contributed by atoms with Gasteiger partial charge in [0.2, 0.25) is 0 Å². The molecule has 1 N–H and O–H groups in total. The van der Waals surface area contributed by atoms with Crippen molar-refractivity contribution in [1.82, 2.24) is 9.62 Å². The number of halogens is 5. The first-order valence-electron chi connectivity index (χ1n) is 12.2. The molecule has 3 atom stereocenters. The number of benzene rings is 2. The lowest BCUT2D eigenvalue weighted by Gasteiger charge is -2.34. The Morgan fingerprint density at radius 3 is 2.44 bits per heavy atom. The smallest absolute Gasteiger partial charge is 0.350 e. The number of ether oxygens (including phenoxy) is 1. The Labute approximate surface area is 207 Å². The van der Waals surface area contributed by atoms with E-state index in [1.165, 1.54) is 23.1 Å². The molecule has 5 rings (SSSR count). The lowest BCUT2D eigenvalue weighted by Crippen LogP contribution is -2.53. The number of likely N-dealkylation sites (tertiary alicyclic amines) is 1. The molecule has 2 saturated heterocycles. The van der Waals surface area contributed by atoms with Crippen LogP contribution in [-0.4, -0.2) is 56.3 Å². The van der Waals surface area contributed by atoms with Crippen LogP contribution in [0.2, 0.25) is 0 Å². The second-order valence-electron chi connectivity index (χ2n) is 9.39. The van der Waals surface area contributed by atoms with Crippen molar-refractivity contribution in [3.05, 3.63) is 59.4 Å². The van der Waals surface area contributed by atoms with Crippen LogP contribution in [0, 0.1) is 22.9 Å². The van der Waals surface area contributed by atoms with E-state index >= 15 is 4.39 Å². The van der Waals surface area contributed by atoms with Crippen LogP contribution >= 0.6 is 0 Å². The van der Waals surface area contributed by atoms with Gasteiger partial charge >= 0.3 is 5.76 Å². The Hall–Kier alpha value is -2.57. The number of hydrogen-bond acceptors (Lipinski definition) is 4. The highest BCUT2D eigenvalue weighted by atomic mass is 32.2. The normalized spacial score (nSPS) is 27.1. The highest BCUT2D eigenvalue weighted by Crippen LogP contribution is 2.56. The van der Waals surface area contributed by atoms with Gasteiger partial charge in [0, 0.05) is 36.1 Å². The highest BCUT2D eigenvalue weighted by molar-refractivity contribution is 7.89. The van der Waals surface area contributed by atoms with Crippen molar-refractivity contribution in [2.45, 2.75) is 49.6 Å². The molecule has 2 aromatic rings. The molecular weight excluding hydrogens is 507 g/mol. The lowest BCUT2D eigenvalue weighted by molar-refractivity contribution is -0.157. The minimum Gasteiger partial charge on any atom is -0.368 e.